The van der Waals surface area contributed by atoms with E-state index in [-0.39, 0.29) is 5.78 Å². The summed E-state index contributed by atoms with van der Waals surface area (Å²) in [6, 6.07) is 19.9. The van der Waals surface area contributed by atoms with Gasteiger partial charge in [-0.2, -0.15) is 0 Å². The minimum atomic E-state index is -0.413. The van der Waals surface area contributed by atoms with Gasteiger partial charge < -0.3 is 4.74 Å². The topological polar surface area (TPSA) is 26.3 Å². The quantitative estimate of drug-likeness (QED) is 0.656. The standard InChI is InChI=1S/C20H16O2/c1-13-6-8-15(9-7-13)20(21)19-12-17-16-5-3-2-4-14(16)10-11-18(17)22-19/h2-11,19H,12H2,1H3. The zero-order chi connectivity index (χ0) is 15.1. The minimum Gasteiger partial charge on any atom is -0.482 e. The number of hydrogen-bond acceptors (Lipinski definition) is 2. The van der Waals surface area contributed by atoms with Crippen LogP contribution < -0.4 is 4.74 Å². The summed E-state index contributed by atoms with van der Waals surface area (Å²) >= 11 is 0. The van der Waals surface area contributed by atoms with Crippen molar-refractivity contribution in [1.82, 2.24) is 0 Å². The van der Waals surface area contributed by atoms with Crippen LogP contribution in [0.4, 0.5) is 0 Å². The molecule has 0 bridgehead atoms. The molecule has 1 heterocycles. The monoisotopic (exact) mass is 288 g/mol. The molecule has 2 heteroatoms. The summed E-state index contributed by atoms with van der Waals surface area (Å²) in [4.78, 5) is 12.6. The van der Waals surface area contributed by atoms with Crippen LogP contribution in [0, 0.1) is 6.92 Å². The van der Waals surface area contributed by atoms with Gasteiger partial charge in [0.25, 0.3) is 0 Å². The van der Waals surface area contributed by atoms with Crippen molar-refractivity contribution < 1.29 is 9.53 Å². The average molecular weight is 288 g/mol. The second-order valence-corrected chi connectivity index (χ2v) is 5.80. The Morgan fingerprint density at radius 3 is 2.59 bits per heavy atom. The predicted molar refractivity (Wildman–Crippen MR) is 87.6 cm³/mol. The molecular weight excluding hydrogens is 272 g/mol. The third-order valence-electron chi connectivity index (χ3n) is 4.28. The first-order chi connectivity index (χ1) is 10.7. The van der Waals surface area contributed by atoms with Crippen LogP contribution in [0.2, 0.25) is 0 Å². The lowest BCUT2D eigenvalue weighted by atomic mass is 9.97. The third-order valence-corrected chi connectivity index (χ3v) is 4.28. The van der Waals surface area contributed by atoms with E-state index in [0.29, 0.717) is 12.0 Å². The normalized spacial score (nSPS) is 16.3. The molecule has 1 aliphatic heterocycles. The molecule has 1 atom stereocenters. The highest BCUT2D eigenvalue weighted by atomic mass is 16.5. The SMILES string of the molecule is Cc1ccc(C(=O)C2Cc3c(ccc4ccccc34)O2)cc1. The first-order valence-electron chi connectivity index (χ1n) is 7.50. The number of ether oxygens (including phenoxy) is 1. The van der Waals surface area contributed by atoms with Crippen molar-refractivity contribution in [2.75, 3.05) is 0 Å². The van der Waals surface area contributed by atoms with Gasteiger partial charge >= 0.3 is 0 Å². The van der Waals surface area contributed by atoms with Gasteiger partial charge in [-0.3, -0.25) is 4.79 Å². The van der Waals surface area contributed by atoms with E-state index in [9.17, 15) is 4.79 Å². The van der Waals surface area contributed by atoms with Crippen LogP contribution in [0.1, 0.15) is 21.5 Å². The number of Topliss-reactive ketones (excluding diaryl/α,β-unsaturated/α-hetero) is 1. The van der Waals surface area contributed by atoms with Crippen LogP contribution in [0.3, 0.4) is 0 Å². The average Bonchev–Trinajstić information content (AvgIpc) is 2.99. The van der Waals surface area contributed by atoms with Crippen LogP contribution in [-0.2, 0) is 6.42 Å². The molecule has 2 nitrogen and oxygen atoms in total. The van der Waals surface area contributed by atoms with Gasteiger partial charge in [0.2, 0.25) is 5.78 Å². The summed E-state index contributed by atoms with van der Waals surface area (Å²) in [6.45, 7) is 2.02. The molecule has 0 aliphatic carbocycles. The molecule has 22 heavy (non-hydrogen) atoms. The fourth-order valence-corrected chi connectivity index (χ4v) is 3.07. The Bertz CT molecular complexity index is 863. The van der Waals surface area contributed by atoms with Gasteiger partial charge in [-0.25, -0.2) is 0 Å². The molecule has 0 fully saturated rings. The summed E-state index contributed by atoms with van der Waals surface area (Å²) < 4.78 is 5.91. The lowest BCUT2D eigenvalue weighted by Crippen LogP contribution is -2.25. The third kappa shape index (κ3) is 2.08. The van der Waals surface area contributed by atoms with Gasteiger partial charge in [0.1, 0.15) is 5.75 Å². The highest BCUT2D eigenvalue weighted by Gasteiger charge is 2.30. The van der Waals surface area contributed by atoms with E-state index in [1.54, 1.807) is 0 Å². The molecule has 108 valence electrons. The molecule has 1 unspecified atom stereocenters. The number of rotatable bonds is 2. The molecule has 1 aliphatic rings. The molecule has 0 radical (unpaired) electrons. The van der Waals surface area contributed by atoms with Crippen molar-refractivity contribution in [3.05, 3.63) is 77.4 Å². The Balaban J connectivity index is 1.68. The van der Waals surface area contributed by atoms with Crippen LogP contribution in [0.15, 0.2) is 60.7 Å². The molecule has 0 saturated carbocycles. The Hall–Kier alpha value is -2.61. The van der Waals surface area contributed by atoms with E-state index >= 15 is 0 Å². The van der Waals surface area contributed by atoms with Gasteiger partial charge in [-0.1, -0.05) is 60.2 Å². The zero-order valence-electron chi connectivity index (χ0n) is 12.4. The lowest BCUT2D eigenvalue weighted by Gasteiger charge is -2.09. The highest BCUT2D eigenvalue weighted by molar-refractivity contribution is 6.01. The predicted octanol–water partition coefficient (Wildman–Crippen LogP) is 4.33. The first kappa shape index (κ1) is 13.1. The number of aryl methyl sites for hydroxylation is 1. The number of ketones is 1. The summed E-state index contributed by atoms with van der Waals surface area (Å²) in [5.41, 5.74) is 3.01. The van der Waals surface area contributed by atoms with Crippen LogP contribution in [0.25, 0.3) is 10.8 Å². The number of carbonyl (C=O) groups is 1. The van der Waals surface area contributed by atoms with Crippen molar-refractivity contribution in [1.29, 1.82) is 0 Å². The highest BCUT2D eigenvalue weighted by Crippen LogP contribution is 2.35. The Kier molecular flexibility index (Phi) is 2.97. The van der Waals surface area contributed by atoms with Gasteiger partial charge in [-0.15, -0.1) is 0 Å². The maximum Gasteiger partial charge on any atom is 0.203 e. The van der Waals surface area contributed by atoms with Gasteiger partial charge in [0, 0.05) is 17.5 Å². The minimum absolute atomic E-state index is 0.0558. The van der Waals surface area contributed by atoms with Crippen molar-refractivity contribution in [3.8, 4) is 5.75 Å². The number of hydrogen-bond donors (Lipinski definition) is 0. The fraction of sp³-hybridized carbons (Fsp3) is 0.150. The van der Waals surface area contributed by atoms with Crippen molar-refractivity contribution in [3.63, 3.8) is 0 Å². The lowest BCUT2D eigenvalue weighted by molar-refractivity contribution is 0.0825. The van der Waals surface area contributed by atoms with Crippen LogP contribution in [0.5, 0.6) is 5.75 Å². The van der Waals surface area contributed by atoms with Crippen molar-refractivity contribution in [2.45, 2.75) is 19.4 Å². The molecule has 0 N–H and O–H groups in total. The molecule has 4 rings (SSSR count). The summed E-state index contributed by atoms with van der Waals surface area (Å²) in [5.74, 6) is 0.893. The number of benzene rings is 3. The number of carbonyl (C=O) groups excluding carboxylic acids is 1. The molecule has 0 saturated heterocycles. The van der Waals surface area contributed by atoms with E-state index < -0.39 is 6.10 Å². The molecule has 0 spiro atoms. The molecule has 0 aromatic heterocycles. The largest absolute Gasteiger partial charge is 0.482 e. The molecule has 3 aromatic carbocycles. The Labute approximate surface area is 129 Å². The van der Waals surface area contributed by atoms with Crippen molar-refractivity contribution >= 4 is 16.6 Å². The Morgan fingerprint density at radius 1 is 1.00 bits per heavy atom. The second-order valence-electron chi connectivity index (χ2n) is 5.80. The van der Waals surface area contributed by atoms with Crippen molar-refractivity contribution in [2.24, 2.45) is 0 Å². The maximum absolute atomic E-state index is 12.6. The summed E-state index contributed by atoms with van der Waals surface area (Å²) in [6.07, 6.45) is 0.229. The molecule has 3 aromatic rings. The zero-order valence-corrected chi connectivity index (χ0v) is 12.4. The first-order valence-corrected chi connectivity index (χ1v) is 7.50. The van der Waals surface area contributed by atoms with Crippen LogP contribution in [-0.4, -0.2) is 11.9 Å². The maximum atomic E-state index is 12.6. The summed E-state index contributed by atoms with van der Waals surface area (Å²) in [5, 5.41) is 2.37. The van der Waals surface area contributed by atoms with Gasteiger partial charge in [-0.05, 0) is 23.8 Å². The smallest absolute Gasteiger partial charge is 0.203 e. The van der Waals surface area contributed by atoms with E-state index in [1.807, 2.05) is 55.5 Å². The second kappa shape index (κ2) is 4.99. The van der Waals surface area contributed by atoms with Gasteiger partial charge in [0.15, 0.2) is 6.10 Å². The molecule has 0 amide bonds. The van der Waals surface area contributed by atoms with E-state index in [1.165, 1.54) is 10.8 Å². The Morgan fingerprint density at radius 2 is 1.77 bits per heavy atom. The molecular formula is C20H16O2. The van der Waals surface area contributed by atoms with E-state index in [2.05, 4.69) is 12.1 Å². The number of fused-ring (bicyclic) bond motifs is 3. The van der Waals surface area contributed by atoms with Crippen LogP contribution >= 0.6 is 0 Å². The van der Waals surface area contributed by atoms with E-state index in [0.717, 1.165) is 16.9 Å². The summed E-state index contributed by atoms with van der Waals surface area (Å²) in [7, 11) is 0. The fourth-order valence-electron chi connectivity index (χ4n) is 3.07. The van der Waals surface area contributed by atoms with Gasteiger partial charge in [0.05, 0.1) is 0 Å². The van der Waals surface area contributed by atoms with E-state index in [4.69, 9.17) is 4.74 Å².